The number of fused-ring (bicyclic) bond motifs is 1. The predicted octanol–water partition coefficient (Wildman–Crippen LogP) is 0.863. The van der Waals surface area contributed by atoms with Gasteiger partial charge in [-0.1, -0.05) is 18.2 Å². The van der Waals surface area contributed by atoms with Crippen LogP contribution in [0.1, 0.15) is 12.5 Å². The zero-order chi connectivity index (χ0) is 18.2. The molecule has 0 bridgehead atoms. The van der Waals surface area contributed by atoms with Crippen LogP contribution in [0.5, 0.6) is 5.75 Å². The molecule has 2 heterocycles. The fourth-order valence-electron chi connectivity index (χ4n) is 4.02. The summed E-state index contributed by atoms with van der Waals surface area (Å²) in [4.78, 5) is 14.1. The summed E-state index contributed by atoms with van der Waals surface area (Å²) in [6, 6.07) is 7.67. The molecule has 138 valence electrons. The molecule has 0 saturated carbocycles. The zero-order valence-corrected chi connectivity index (χ0v) is 15.3. The van der Waals surface area contributed by atoms with Gasteiger partial charge in [-0.15, -0.1) is 0 Å². The van der Waals surface area contributed by atoms with Crippen LogP contribution >= 0.6 is 0 Å². The van der Waals surface area contributed by atoms with Gasteiger partial charge in [0.15, 0.2) is 0 Å². The molecule has 2 aliphatic rings. The van der Waals surface area contributed by atoms with Crippen LogP contribution in [-0.4, -0.2) is 67.7 Å². The molecule has 0 unspecified atom stereocenters. The summed E-state index contributed by atoms with van der Waals surface area (Å²) < 4.78 is 31.0. The second-order valence-corrected chi connectivity index (χ2v) is 9.09. The maximum atomic E-state index is 12.2. The van der Waals surface area contributed by atoms with Crippen molar-refractivity contribution in [3.8, 4) is 5.75 Å². The molecule has 1 N–H and O–H groups in total. The number of carbonyl (C=O) groups is 1. The molecule has 2 fully saturated rings. The van der Waals surface area contributed by atoms with Gasteiger partial charge in [-0.2, -0.15) is 0 Å². The third kappa shape index (κ3) is 3.14. The molecule has 0 spiro atoms. The molecule has 0 aromatic heterocycles. The van der Waals surface area contributed by atoms with Crippen molar-refractivity contribution in [3.63, 3.8) is 0 Å². The van der Waals surface area contributed by atoms with Crippen LogP contribution in [0.4, 0.5) is 0 Å². The largest absolute Gasteiger partial charge is 0.496 e. The Bertz CT molecular complexity index is 766. The number of carboxylic acid groups (broad SMARTS) is 1. The Hall–Kier alpha value is -1.64. The maximum Gasteiger partial charge on any atom is 0.312 e. The third-order valence-electron chi connectivity index (χ3n) is 5.42. The average molecular weight is 368 g/mol. The smallest absolute Gasteiger partial charge is 0.312 e. The minimum atomic E-state index is -3.37. The average Bonchev–Trinajstić information content (AvgIpc) is 3.11. The summed E-state index contributed by atoms with van der Waals surface area (Å²) >= 11 is 0. The van der Waals surface area contributed by atoms with Gasteiger partial charge in [-0.05, 0) is 13.0 Å². The van der Waals surface area contributed by atoms with Gasteiger partial charge in [-0.25, -0.2) is 12.7 Å². The van der Waals surface area contributed by atoms with Crippen LogP contribution in [0.2, 0.25) is 0 Å². The normalized spacial score (nSPS) is 27.4. The molecule has 1 aromatic carbocycles. The summed E-state index contributed by atoms with van der Waals surface area (Å²) in [6.45, 7) is 3.44. The number of ether oxygens (including phenoxy) is 1. The highest BCUT2D eigenvalue weighted by molar-refractivity contribution is 7.89. The lowest BCUT2D eigenvalue weighted by Gasteiger charge is -2.25. The summed E-state index contributed by atoms with van der Waals surface area (Å²) in [6.07, 6.45) is 0. The molecule has 1 aromatic rings. The lowest BCUT2D eigenvalue weighted by molar-refractivity contribution is -0.148. The number of likely N-dealkylation sites (tertiary alicyclic amines) is 1. The highest BCUT2D eigenvalue weighted by atomic mass is 32.2. The van der Waals surface area contributed by atoms with E-state index in [2.05, 4.69) is 4.90 Å². The second kappa shape index (κ2) is 6.59. The van der Waals surface area contributed by atoms with Crippen molar-refractivity contribution in [2.75, 3.05) is 39.0 Å². The summed E-state index contributed by atoms with van der Waals surface area (Å²) in [5.41, 5.74) is -0.0203. The van der Waals surface area contributed by atoms with Crippen molar-refractivity contribution < 1.29 is 23.1 Å². The number of hydrogen-bond acceptors (Lipinski definition) is 5. The number of methoxy groups -OCH3 is 1. The number of rotatable bonds is 6. The highest BCUT2D eigenvalue weighted by Crippen LogP contribution is 2.44. The Morgan fingerprint density at radius 3 is 2.64 bits per heavy atom. The number of benzene rings is 1. The van der Waals surface area contributed by atoms with Crippen LogP contribution in [0.25, 0.3) is 0 Å². The molecule has 8 heteroatoms. The molecule has 0 aliphatic carbocycles. The quantitative estimate of drug-likeness (QED) is 0.802. The van der Waals surface area contributed by atoms with Gasteiger partial charge < -0.3 is 9.84 Å². The van der Waals surface area contributed by atoms with Crippen molar-refractivity contribution in [1.82, 2.24) is 9.21 Å². The van der Waals surface area contributed by atoms with E-state index in [9.17, 15) is 18.3 Å². The SMILES string of the molecule is CCS(=O)(=O)N1C[C@H]2CN(Cc3ccccc3OC)C[C@@]2(C(=O)O)C1. The first-order valence-corrected chi connectivity index (χ1v) is 9.99. The molecular formula is C17H24N2O5S. The van der Waals surface area contributed by atoms with Gasteiger partial charge in [0.05, 0.1) is 18.3 Å². The van der Waals surface area contributed by atoms with Crippen LogP contribution < -0.4 is 4.74 Å². The van der Waals surface area contributed by atoms with Crippen LogP contribution in [0, 0.1) is 11.3 Å². The molecule has 2 atom stereocenters. The third-order valence-corrected chi connectivity index (χ3v) is 7.21. The molecule has 2 saturated heterocycles. The molecular weight excluding hydrogens is 344 g/mol. The number of sulfonamides is 1. The van der Waals surface area contributed by atoms with E-state index in [1.54, 1.807) is 14.0 Å². The van der Waals surface area contributed by atoms with Crippen LogP contribution in [0.15, 0.2) is 24.3 Å². The number of hydrogen-bond donors (Lipinski definition) is 1. The van der Waals surface area contributed by atoms with Gasteiger partial charge in [-0.3, -0.25) is 9.69 Å². The Morgan fingerprint density at radius 1 is 1.32 bits per heavy atom. The van der Waals surface area contributed by atoms with Gasteiger partial charge in [0.2, 0.25) is 10.0 Å². The van der Waals surface area contributed by atoms with E-state index >= 15 is 0 Å². The number of carboxylic acids is 1. The van der Waals surface area contributed by atoms with E-state index < -0.39 is 21.4 Å². The molecule has 2 aliphatic heterocycles. The van der Waals surface area contributed by atoms with E-state index in [0.29, 0.717) is 19.6 Å². The molecule has 0 radical (unpaired) electrons. The van der Waals surface area contributed by atoms with E-state index in [0.717, 1.165) is 11.3 Å². The van der Waals surface area contributed by atoms with Gasteiger partial charge in [0.1, 0.15) is 5.75 Å². The Labute approximate surface area is 148 Å². The minimum absolute atomic E-state index is 0.000345. The van der Waals surface area contributed by atoms with E-state index in [1.165, 1.54) is 4.31 Å². The van der Waals surface area contributed by atoms with Crippen molar-refractivity contribution in [3.05, 3.63) is 29.8 Å². The van der Waals surface area contributed by atoms with Gasteiger partial charge in [0, 0.05) is 44.2 Å². The van der Waals surface area contributed by atoms with E-state index in [4.69, 9.17) is 4.74 Å². The van der Waals surface area contributed by atoms with E-state index in [1.807, 2.05) is 24.3 Å². The Kier molecular flexibility index (Phi) is 4.78. The number of para-hydroxylation sites is 1. The summed E-state index contributed by atoms with van der Waals surface area (Å²) in [7, 11) is -1.75. The first kappa shape index (κ1) is 18.2. The monoisotopic (exact) mass is 368 g/mol. The first-order valence-electron chi connectivity index (χ1n) is 8.38. The lowest BCUT2D eigenvalue weighted by atomic mass is 9.81. The van der Waals surface area contributed by atoms with Crippen LogP contribution in [-0.2, 0) is 21.4 Å². The van der Waals surface area contributed by atoms with Crippen molar-refractivity contribution in [2.24, 2.45) is 11.3 Å². The first-order chi connectivity index (χ1) is 11.8. The number of nitrogens with zero attached hydrogens (tertiary/aromatic N) is 2. The standard InChI is InChI=1S/C17H24N2O5S/c1-3-25(22,23)19-10-14-9-18(11-17(14,12-19)16(20)21)8-13-6-4-5-7-15(13)24-2/h4-7,14H,3,8-12H2,1-2H3,(H,20,21)/t14-,17-/m1/s1. The summed E-state index contributed by atoms with van der Waals surface area (Å²) in [5, 5.41) is 9.84. The predicted molar refractivity (Wildman–Crippen MR) is 92.9 cm³/mol. The zero-order valence-electron chi connectivity index (χ0n) is 14.5. The Morgan fingerprint density at radius 2 is 2.04 bits per heavy atom. The maximum absolute atomic E-state index is 12.2. The lowest BCUT2D eigenvalue weighted by Crippen LogP contribution is -2.42. The number of aliphatic carboxylic acids is 1. The second-order valence-electron chi connectivity index (χ2n) is 6.83. The van der Waals surface area contributed by atoms with Crippen molar-refractivity contribution in [2.45, 2.75) is 13.5 Å². The van der Waals surface area contributed by atoms with Gasteiger partial charge >= 0.3 is 5.97 Å². The fraction of sp³-hybridized carbons (Fsp3) is 0.588. The topological polar surface area (TPSA) is 87.2 Å². The molecule has 3 rings (SSSR count). The summed E-state index contributed by atoms with van der Waals surface area (Å²) in [5.74, 6) is -0.325. The molecule has 7 nitrogen and oxygen atoms in total. The molecule has 25 heavy (non-hydrogen) atoms. The fourth-order valence-corrected chi connectivity index (χ4v) is 5.21. The highest BCUT2D eigenvalue weighted by Gasteiger charge is 2.59. The van der Waals surface area contributed by atoms with Gasteiger partial charge in [0.25, 0.3) is 0 Å². The Balaban J connectivity index is 1.79. The molecule has 0 amide bonds. The van der Waals surface area contributed by atoms with E-state index in [-0.39, 0.29) is 24.8 Å². The van der Waals surface area contributed by atoms with Crippen LogP contribution in [0.3, 0.4) is 0 Å². The van der Waals surface area contributed by atoms with Crippen molar-refractivity contribution >= 4 is 16.0 Å². The van der Waals surface area contributed by atoms with Crippen molar-refractivity contribution in [1.29, 1.82) is 0 Å². The minimum Gasteiger partial charge on any atom is -0.496 e.